The Morgan fingerprint density at radius 3 is 2.23 bits per heavy atom. The fourth-order valence-electron chi connectivity index (χ4n) is 6.33. The van der Waals surface area contributed by atoms with E-state index in [0.29, 0.717) is 28.2 Å². The van der Waals surface area contributed by atoms with E-state index in [0.717, 1.165) is 19.3 Å². The smallest absolute Gasteiger partial charge is 0.316 e. The number of benzene rings is 2. The molecule has 0 aromatic heterocycles. The highest BCUT2D eigenvalue weighted by atomic mass is 35.5. The highest BCUT2D eigenvalue weighted by molar-refractivity contribution is 6.44. The van der Waals surface area contributed by atoms with Crippen molar-refractivity contribution in [3.05, 3.63) is 52.5 Å². The van der Waals surface area contributed by atoms with Crippen LogP contribution in [0.5, 0.6) is 5.75 Å². The molecule has 2 aromatic carbocycles. The summed E-state index contributed by atoms with van der Waals surface area (Å²) in [6.07, 6.45) is 3.04. The molecule has 0 radical (unpaired) electrons. The van der Waals surface area contributed by atoms with Gasteiger partial charge >= 0.3 is 5.97 Å². The molecular formula is C26H22Cl2N2O5. The first kappa shape index (κ1) is 22.6. The zero-order chi connectivity index (χ0) is 24.4. The maximum Gasteiger partial charge on any atom is 0.316 e. The van der Waals surface area contributed by atoms with Crippen LogP contribution in [0.2, 0.25) is 10.0 Å². The van der Waals surface area contributed by atoms with Crippen molar-refractivity contribution in [3.63, 3.8) is 0 Å². The van der Waals surface area contributed by atoms with E-state index in [-0.39, 0.29) is 53.3 Å². The zero-order valence-electron chi connectivity index (χ0n) is 18.7. The van der Waals surface area contributed by atoms with E-state index in [1.165, 1.54) is 9.80 Å². The highest BCUT2D eigenvalue weighted by Crippen LogP contribution is 2.56. The highest BCUT2D eigenvalue weighted by Gasteiger charge is 2.61. The molecule has 0 spiro atoms. The van der Waals surface area contributed by atoms with E-state index >= 15 is 0 Å². The van der Waals surface area contributed by atoms with Gasteiger partial charge in [-0.15, -0.1) is 0 Å². The molecular weight excluding hydrogens is 491 g/mol. The van der Waals surface area contributed by atoms with Crippen molar-refractivity contribution in [2.24, 2.45) is 29.6 Å². The molecule has 3 amide bonds. The van der Waals surface area contributed by atoms with Gasteiger partial charge in [0.15, 0.2) is 0 Å². The lowest BCUT2D eigenvalue weighted by Crippen LogP contribution is -2.32. The molecule has 2 bridgehead atoms. The Morgan fingerprint density at radius 2 is 1.57 bits per heavy atom. The number of imide groups is 1. The number of fused-ring (bicyclic) bond motifs is 5. The largest absolute Gasteiger partial charge is 0.426 e. The fraction of sp³-hybridized carbons (Fsp3) is 0.385. The van der Waals surface area contributed by atoms with E-state index in [1.807, 2.05) is 0 Å². The van der Waals surface area contributed by atoms with Gasteiger partial charge in [-0.1, -0.05) is 29.3 Å². The average Bonchev–Trinajstić information content (AvgIpc) is 3.60. The number of halogens is 2. The molecule has 2 heterocycles. The van der Waals surface area contributed by atoms with E-state index in [2.05, 4.69) is 0 Å². The van der Waals surface area contributed by atoms with Gasteiger partial charge in [-0.3, -0.25) is 24.1 Å². The van der Waals surface area contributed by atoms with Crippen molar-refractivity contribution in [2.75, 3.05) is 16.3 Å². The number of hydrogen-bond acceptors (Lipinski definition) is 5. The average molecular weight is 513 g/mol. The van der Waals surface area contributed by atoms with E-state index in [4.69, 9.17) is 27.9 Å². The first-order valence-corrected chi connectivity index (χ1v) is 12.5. The van der Waals surface area contributed by atoms with Crippen LogP contribution in [0.15, 0.2) is 42.5 Å². The van der Waals surface area contributed by atoms with Gasteiger partial charge in [0, 0.05) is 13.0 Å². The molecule has 4 aliphatic rings. The van der Waals surface area contributed by atoms with Gasteiger partial charge in [-0.05, 0) is 67.5 Å². The van der Waals surface area contributed by atoms with Crippen LogP contribution in [0.4, 0.5) is 11.4 Å². The van der Waals surface area contributed by atoms with E-state index in [9.17, 15) is 19.2 Å². The Hall–Kier alpha value is -2.90. The molecule has 7 nitrogen and oxygen atoms in total. The Kier molecular flexibility index (Phi) is 5.38. The molecule has 0 unspecified atom stereocenters. The first-order chi connectivity index (χ1) is 16.8. The number of amides is 3. The Labute approximate surface area is 211 Å². The quantitative estimate of drug-likeness (QED) is 0.342. The minimum atomic E-state index is -0.659. The molecule has 2 aromatic rings. The summed E-state index contributed by atoms with van der Waals surface area (Å²) in [5, 5.41) is 0.588. The second-order valence-corrected chi connectivity index (χ2v) is 10.6. The van der Waals surface area contributed by atoms with Gasteiger partial charge < -0.3 is 9.64 Å². The first-order valence-electron chi connectivity index (χ1n) is 11.8. The second-order valence-electron chi connectivity index (χ2n) is 9.79. The van der Waals surface area contributed by atoms with Gasteiger partial charge in [0.2, 0.25) is 17.7 Å². The van der Waals surface area contributed by atoms with Crippen molar-refractivity contribution in [1.29, 1.82) is 0 Å². The van der Waals surface area contributed by atoms with Crippen LogP contribution >= 0.6 is 23.2 Å². The monoisotopic (exact) mass is 512 g/mol. The molecule has 2 aliphatic carbocycles. The number of carbonyl (C=O) groups is 4. The number of anilines is 2. The molecule has 2 saturated carbocycles. The zero-order valence-corrected chi connectivity index (χ0v) is 20.2. The summed E-state index contributed by atoms with van der Waals surface area (Å²) >= 11 is 12.3. The van der Waals surface area contributed by atoms with Crippen LogP contribution in [0, 0.1) is 29.6 Å². The van der Waals surface area contributed by atoms with E-state index < -0.39 is 11.9 Å². The molecule has 0 N–H and O–H groups in total. The summed E-state index contributed by atoms with van der Waals surface area (Å²) in [6.45, 7) is 0.137. The van der Waals surface area contributed by atoms with Crippen LogP contribution in [0.25, 0.3) is 0 Å². The van der Waals surface area contributed by atoms with Crippen molar-refractivity contribution in [3.8, 4) is 5.75 Å². The standard InChI is InChI=1S/C26H22Cl2N2O5/c27-18-2-1-3-19(23(18)28)29-12-15(11-20(29)31)26(34)35-17-8-6-16(7-9-17)30-24(32)21-13-4-5-14(10-13)22(21)25(30)33/h1-3,6-9,13-15,21-22H,4-5,10-12H2/t13-,14-,15+,21+,22+/m0/s1. The van der Waals surface area contributed by atoms with Crippen LogP contribution in [0.3, 0.4) is 0 Å². The van der Waals surface area contributed by atoms with E-state index in [1.54, 1.807) is 42.5 Å². The molecule has 9 heteroatoms. The van der Waals surface area contributed by atoms with Crippen LogP contribution in [-0.2, 0) is 19.2 Å². The number of rotatable bonds is 4. The minimum Gasteiger partial charge on any atom is -0.426 e. The third kappa shape index (κ3) is 3.55. The summed E-state index contributed by atoms with van der Waals surface area (Å²) in [5.41, 5.74) is 0.952. The fourth-order valence-corrected chi connectivity index (χ4v) is 6.72. The Balaban J connectivity index is 1.13. The maximum absolute atomic E-state index is 13.0. The van der Waals surface area contributed by atoms with Crippen LogP contribution < -0.4 is 14.5 Å². The lowest BCUT2D eigenvalue weighted by atomic mass is 9.81. The number of nitrogens with zero attached hydrogens (tertiary/aromatic N) is 2. The van der Waals surface area contributed by atoms with Crippen molar-refractivity contribution in [2.45, 2.75) is 25.7 Å². The normalized spacial score (nSPS) is 29.3. The van der Waals surface area contributed by atoms with Crippen molar-refractivity contribution in [1.82, 2.24) is 0 Å². The third-order valence-corrected chi connectivity index (χ3v) is 8.73. The summed E-state index contributed by atoms with van der Waals surface area (Å²) in [7, 11) is 0. The SMILES string of the molecule is O=C(Oc1ccc(N2C(=O)[C@@H]3[C@H]4CC[C@@H](C4)[C@H]3C2=O)cc1)[C@@H]1CC(=O)N(c2cccc(Cl)c2Cl)C1. The van der Waals surface area contributed by atoms with Crippen LogP contribution in [-0.4, -0.2) is 30.2 Å². The molecule has 2 aliphatic heterocycles. The number of hydrogen-bond donors (Lipinski definition) is 0. The Bertz CT molecular complexity index is 1230. The van der Waals surface area contributed by atoms with Crippen LogP contribution in [0.1, 0.15) is 25.7 Å². The van der Waals surface area contributed by atoms with Gasteiger partial charge in [0.05, 0.1) is 39.2 Å². The lowest BCUT2D eigenvalue weighted by Gasteiger charge is -2.19. The minimum absolute atomic E-state index is 0.00164. The molecule has 2 saturated heterocycles. The second kappa shape index (κ2) is 8.35. The topological polar surface area (TPSA) is 84.0 Å². The maximum atomic E-state index is 13.0. The molecule has 6 rings (SSSR count). The molecule has 180 valence electrons. The van der Waals surface area contributed by atoms with Gasteiger partial charge in [-0.2, -0.15) is 0 Å². The van der Waals surface area contributed by atoms with Crippen molar-refractivity contribution < 1.29 is 23.9 Å². The summed E-state index contributed by atoms with van der Waals surface area (Å²) in [5.74, 6) is -1.10. The molecule has 4 fully saturated rings. The number of esters is 1. The lowest BCUT2D eigenvalue weighted by molar-refractivity contribution is -0.139. The van der Waals surface area contributed by atoms with Gasteiger partial charge in [0.1, 0.15) is 5.75 Å². The third-order valence-electron chi connectivity index (χ3n) is 7.92. The molecule has 5 atom stereocenters. The summed E-state index contributed by atoms with van der Waals surface area (Å²) in [6, 6.07) is 11.4. The van der Waals surface area contributed by atoms with Gasteiger partial charge in [0.25, 0.3) is 0 Å². The molecule has 35 heavy (non-hydrogen) atoms. The summed E-state index contributed by atoms with van der Waals surface area (Å²) < 4.78 is 5.51. The predicted molar refractivity (Wildman–Crippen MR) is 129 cm³/mol. The van der Waals surface area contributed by atoms with Crippen molar-refractivity contribution >= 4 is 58.3 Å². The number of carbonyl (C=O) groups excluding carboxylic acids is 4. The summed E-state index contributed by atoms with van der Waals surface area (Å²) in [4.78, 5) is 54.1. The predicted octanol–water partition coefficient (Wildman–Crippen LogP) is 4.49. The van der Waals surface area contributed by atoms with Gasteiger partial charge in [-0.25, -0.2) is 0 Å². The Morgan fingerprint density at radius 1 is 0.914 bits per heavy atom. The number of ether oxygens (including phenoxy) is 1.